The number of carboxylic acid groups (broad SMARTS) is 1. The molecule has 0 fully saturated rings. The van der Waals surface area contributed by atoms with Gasteiger partial charge in [-0.2, -0.15) is 0 Å². The molecule has 7 heteroatoms. The third-order valence-corrected chi connectivity index (χ3v) is 3.42. The summed E-state index contributed by atoms with van der Waals surface area (Å²) in [7, 11) is 0. The maximum Gasteiger partial charge on any atom is 0.303 e. The number of halogens is 2. The van der Waals surface area contributed by atoms with E-state index in [-0.39, 0.29) is 6.42 Å². The highest BCUT2D eigenvalue weighted by Crippen LogP contribution is 2.24. The van der Waals surface area contributed by atoms with E-state index < -0.39 is 5.97 Å². The van der Waals surface area contributed by atoms with Gasteiger partial charge < -0.3 is 5.11 Å². The van der Waals surface area contributed by atoms with Gasteiger partial charge in [-0.3, -0.25) is 4.79 Å². The molecule has 2 aromatic rings. The van der Waals surface area contributed by atoms with Crippen molar-refractivity contribution in [3.8, 4) is 5.69 Å². The minimum absolute atomic E-state index is 0.0558. The van der Waals surface area contributed by atoms with Gasteiger partial charge in [0.2, 0.25) is 0 Å². The highest BCUT2D eigenvalue weighted by Gasteiger charge is 2.08. The van der Waals surface area contributed by atoms with Crippen LogP contribution in [0, 0.1) is 0 Å². The summed E-state index contributed by atoms with van der Waals surface area (Å²) in [6.07, 6.45) is 2.17. The molecular weight excluding hydrogens is 366 g/mol. The predicted octanol–water partition coefficient (Wildman–Crippen LogP) is 2.81. The second-order valence-electron chi connectivity index (χ2n) is 3.64. The fourth-order valence-corrected chi connectivity index (χ4v) is 2.66. The number of aryl methyl sites for hydroxylation is 1. The molecule has 0 spiro atoms. The average molecular weight is 375 g/mol. The van der Waals surface area contributed by atoms with E-state index in [1.807, 2.05) is 18.2 Å². The third-order valence-electron chi connectivity index (χ3n) is 2.29. The van der Waals surface area contributed by atoms with Crippen molar-refractivity contribution in [2.75, 3.05) is 0 Å². The maximum atomic E-state index is 10.5. The van der Waals surface area contributed by atoms with Gasteiger partial charge in [-0.05, 0) is 34.1 Å². The summed E-state index contributed by atoms with van der Waals surface area (Å²) in [5, 5.41) is 16.5. The van der Waals surface area contributed by atoms with Crippen LogP contribution in [0.4, 0.5) is 0 Å². The molecule has 1 heterocycles. The first-order valence-corrected chi connectivity index (χ1v) is 6.73. The quantitative estimate of drug-likeness (QED) is 0.893. The molecule has 5 nitrogen and oxygen atoms in total. The molecule has 0 aliphatic carbocycles. The van der Waals surface area contributed by atoms with Crippen LogP contribution in [0.1, 0.15) is 12.1 Å². The molecule has 0 unspecified atom stereocenters. The summed E-state index contributed by atoms with van der Waals surface area (Å²) >= 11 is 6.82. The first-order valence-electron chi connectivity index (χ1n) is 5.14. The van der Waals surface area contributed by atoms with Crippen molar-refractivity contribution in [3.05, 3.63) is 39.0 Å². The van der Waals surface area contributed by atoms with Crippen molar-refractivity contribution in [2.45, 2.75) is 12.8 Å². The predicted molar refractivity (Wildman–Crippen MR) is 72.7 cm³/mol. The zero-order valence-electron chi connectivity index (χ0n) is 9.18. The largest absolute Gasteiger partial charge is 0.481 e. The lowest BCUT2D eigenvalue weighted by Crippen LogP contribution is -1.97. The number of hydrogen-bond donors (Lipinski definition) is 1. The monoisotopic (exact) mass is 373 g/mol. The highest BCUT2D eigenvalue weighted by atomic mass is 79.9. The number of rotatable bonds is 4. The van der Waals surface area contributed by atoms with E-state index in [4.69, 9.17) is 5.11 Å². The van der Waals surface area contributed by atoms with E-state index in [9.17, 15) is 4.79 Å². The summed E-state index contributed by atoms with van der Waals surface area (Å²) in [6, 6.07) is 5.70. The lowest BCUT2D eigenvalue weighted by atomic mass is 10.2. The van der Waals surface area contributed by atoms with Crippen LogP contribution in [0.5, 0.6) is 0 Å². The van der Waals surface area contributed by atoms with Gasteiger partial charge in [0.15, 0.2) is 0 Å². The van der Waals surface area contributed by atoms with Crippen LogP contribution in [-0.2, 0) is 11.2 Å². The molecule has 94 valence electrons. The van der Waals surface area contributed by atoms with Gasteiger partial charge in [0.1, 0.15) is 0 Å². The van der Waals surface area contributed by atoms with Crippen LogP contribution in [0.2, 0.25) is 0 Å². The molecule has 0 amide bonds. The Morgan fingerprint density at radius 2 is 2.17 bits per heavy atom. The molecule has 0 radical (unpaired) electrons. The molecule has 1 aromatic heterocycles. The molecule has 0 aliphatic heterocycles. The third kappa shape index (κ3) is 3.17. The van der Waals surface area contributed by atoms with Gasteiger partial charge >= 0.3 is 5.97 Å². The fourth-order valence-electron chi connectivity index (χ4n) is 1.43. The maximum absolute atomic E-state index is 10.5. The van der Waals surface area contributed by atoms with Gasteiger partial charge in [-0.1, -0.05) is 21.1 Å². The van der Waals surface area contributed by atoms with Crippen molar-refractivity contribution in [1.82, 2.24) is 15.0 Å². The molecule has 1 N–H and O–H groups in total. The Labute approximate surface area is 120 Å². The smallest absolute Gasteiger partial charge is 0.303 e. The minimum atomic E-state index is -0.839. The van der Waals surface area contributed by atoms with Crippen molar-refractivity contribution < 1.29 is 9.90 Å². The summed E-state index contributed by atoms with van der Waals surface area (Å²) < 4.78 is 3.46. The minimum Gasteiger partial charge on any atom is -0.481 e. The van der Waals surface area contributed by atoms with Crippen LogP contribution >= 0.6 is 31.9 Å². The van der Waals surface area contributed by atoms with E-state index in [0.29, 0.717) is 12.1 Å². The number of carbonyl (C=O) groups is 1. The van der Waals surface area contributed by atoms with Gasteiger partial charge in [0.25, 0.3) is 0 Å². The van der Waals surface area contributed by atoms with E-state index in [0.717, 1.165) is 14.6 Å². The Hall–Kier alpha value is -1.21. The summed E-state index contributed by atoms with van der Waals surface area (Å²) in [6.45, 7) is 0. The highest BCUT2D eigenvalue weighted by molar-refractivity contribution is 9.11. The zero-order valence-corrected chi connectivity index (χ0v) is 12.3. The van der Waals surface area contributed by atoms with E-state index in [2.05, 4.69) is 42.2 Å². The van der Waals surface area contributed by atoms with Gasteiger partial charge in [-0.15, -0.1) is 5.10 Å². The lowest BCUT2D eigenvalue weighted by molar-refractivity contribution is -0.136. The normalized spacial score (nSPS) is 10.6. The van der Waals surface area contributed by atoms with E-state index in [1.165, 1.54) is 0 Å². The van der Waals surface area contributed by atoms with E-state index in [1.54, 1.807) is 10.9 Å². The van der Waals surface area contributed by atoms with Gasteiger partial charge in [-0.25, -0.2) is 4.68 Å². The zero-order chi connectivity index (χ0) is 13.1. The molecule has 0 saturated heterocycles. The Balaban J connectivity index is 2.21. The molecular formula is C11H9Br2N3O2. The fraction of sp³-hybridized carbons (Fsp3) is 0.182. The first kappa shape index (κ1) is 13.2. The topological polar surface area (TPSA) is 68.0 Å². The average Bonchev–Trinajstić information content (AvgIpc) is 2.75. The first-order chi connectivity index (χ1) is 8.56. The molecule has 18 heavy (non-hydrogen) atoms. The number of aromatic nitrogens is 3. The van der Waals surface area contributed by atoms with Crippen LogP contribution in [0.15, 0.2) is 33.3 Å². The number of benzene rings is 1. The molecule has 0 aliphatic rings. The summed E-state index contributed by atoms with van der Waals surface area (Å²) in [4.78, 5) is 10.5. The van der Waals surface area contributed by atoms with Crippen LogP contribution in [-0.4, -0.2) is 26.1 Å². The van der Waals surface area contributed by atoms with Crippen molar-refractivity contribution in [2.24, 2.45) is 0 Å². The Bertz CT molecular complexity index is 583. The Morgan fingerprint density at radius 1 is 1.39 bits per heavy atom. The summed E-state index contributed by atoms with van der Waals surface area (Å²) in [5.74, 6) is -0.839. The van der Waals surface area contributed by atoms with Crippen molar-refractivity contribution in [3.63, 3.8) is 0 Å². The number of hydrogen-bond acceptors (Lipinski definition) is 3. The summed E-state index contributed by atoms with van der Waals surface area (Å²) in [5.41, 5.74) is 1.51. The molecule has 0 bridgehead atoms. The van der Waals surface area contributed by atoms with Gasteiger partial charge in [0.05, 0.1) is 24.0 Å². The molecule has 0 saturated carbocycles. The van der Waals surface area contributed by atoms with Crippen LogP contribution in [0.3, 0.4) is 0 Å². The SMILES string of the molecule is O=C(O)CCc1cn(-c2ccc(Br)cc2Br)nn1. The second kappa shape index (κ2) is 5.62. The Kier molecular flexibility index (Phi) is 4.13. The van der Waals surface area contributed by atoms with Crippen molar-refractivity contribution >= 4 is 37.8 Å². The van der Waals surface area contributed by atoms with E-state index >= 15 is 0 Å². The Morgan fingerprint density at radius 3 is 2.83 bits per heavy atom. The number of carboxylic acids is 1. The van der Waals surface area contributed by atoms with Crippen LogP contribution in [0.25, 0.3) is 5.69 Å². The second-order valence-corrected chi connectivity index (χ2v) is 5.41. The lowest BCUT2D eigenvalue weighted by Gasteiger charge is -2.03. The molecule has 2 rings (SSSR count). The molecule has 1 aromatic carbocycles. The van der Waals surface area contributed by atoms with Crippen LogP contribution < -0.4 is 0 Å². The standard InChI is InChI=1S/C11H9Br2N3O2/c12-7-1-3-10(9(13)5-7)16-6-8(14-15-16)2-4-11(17)18/h1,3,5-6H,2,4H2,(H,17,18). The number of nitrogens with zero attached hydrogens (tertiary/aromatic N) is 3. The van der Waals surface area contributed by atoms with Crippen molar-refractivity contribution in [1.29, 1.82) is 0 Å². The number of aliphatic carboxylic acids is 1. The molecule has 0 atom stereocenters. The van der Waals surface area contributed by atoms with Gasteiger partial charge in [0, 0.05) is 15.4 Å².